The molecule has 0 fully saturated rings. The Labute approximate surface area is 90.9 Å². The molecule has 0 unspecified atom stereocenters. The van der Waals surface area contributed by atoms with Gasteiger partial charge in [0, 0.05) is 0 Å². The number of halogens is 9. The summed E-state index contributed by atoms with van der Waals surface area (Å²) in [6.45, 7) is 0. The number of carbonyl (C=O) groups excluding carboxylic acids is 1. The summed E-state index contributed by atoms with van der Waals surface area (Å²) in [6.07, 6.45) is -25.4. The lowest BCUT2D eigenvalue weighted by Gasteiger charge is -2.29. The van der Waals surface area contributed by atoms with Gasteiger partial charge in [-0.05, 0) is 0 Å². The highest BCUT2D eigenvalue weighted by Crippen LogP contribution is 2.43. The average molecular weight is 295 g/mol. The Balaban J connectivity index is 5.08. The first kappa shape index (κ1) is 16.8. The van der Waals surface area contributed by atoms with Gasteiger partial charge >= 0.3 is 24.7 Å². The Kier molecular flexibility index (Phi) is 4.15. The Morgan fingerprint density at radius 1 is 0.778 bits per heavy atom. The van der Waals surface area contributed by atoms with Crippen LogP contribution in [0.2, 0.25) is 0 Å². The number of aliphatic carboxylic acids is 1. The standard InChI is InChI=1S/C5HF9O4/c6-2(7,1(15)16)17-3(8,9)4(10,11)18-5(12,13)14/h(H,15,16)/p-1. The third kappa shape index (κ3) is 4.21. The SMILES string of the molecule is O=C([O-])C(F)(F)OC(F)(F)C(F)(F)OC(F)(F)F. The van der Waals surface area contributed by atoms with E-state index in [1.165, 1.54) is 0 Å². The zero-order valence-electron chi connectivity index (χ0n) is 7.53. The van der Waals surface area contributed by atoms with Gasteiger partial charge in [0.05, 0.1) is 0 Å². The fourth-order valence-corrected chi connectivity index (χ4v) is 0.467. The number of carbonyl (C=O) groups is 1. The first-order chi connectivity index (χ1) is 7.61. The maximum absolute atomic E-state index is 12.2. The van der Waals surface area contributed by atoms with Crippen molar-refractivity contribution in [2.24, 2.45) is 0 Å². The Hall–Kier alpha value is -1.24. The van der Waals surface area contributed by atoms with Crippen LogP contribution in [0, 0.1) is 0 Å². The molecule has 0 aliphatic carbocycles. The van der Waals surface area contributed by atoms with Crippen molar-refractivity contribution in [2.75, 3.05) is 0 Å². The molecule has 0 saturated carbocycles. The minimum atomic E-state index is -6.58. The number of hydrogen-bond acceptors (Lipinski definition) is 4. The maximum Gasteiger partial charge on any atom is 0.527 e. The zero-order valence-corrected chi connectivity index (χ0v) is 7.53. The molecule has 0 N–H and O–H groups in total. The van der Waals surface area contributed by atoms with Gasteiger partial charge in [-0.3, -0.25) is 0 Å². The summed E-state index contributed by atoms with van der Waals surface area (Å²) in [5.74, 6) is -3.66. The summed E-state index contributed by atoms with van der Waals surface area (Å²) in [4.78, 5) is 9.48. The Morgan fingerprint density at radius 3 is 1.39 bits per heavy atom. The third-order valence-electron chi connectivity index (χ3n) is 1.08. The van der Waals surface area contributed by atoms with Crippen molar-refractivity contribution in [1.29, 1.82) is 0 Å². The molecular weight excluding hydrogens is 295 g/mol. The van der Waals surface area contributed by atoms with Gasteiger partial charge in [0.1, 0.15) is 5.97 Å². The molecular formula is C5F9O4-. The summed E-state index contributed by atoms with van der Waals surface area (Å²) in [5, 5.41) is 9.48. The average Bonchev–Trinajstić information content (AvgIpc) is 1.95. The van der Waals surface area contributed by atoms with Crippen LogP contribution in [0.15, 0.2) is 0 Å². The van der Waals surface area contributed by atoms with Crippen molar-refractivity contribution >= 4 is 5.97 Å². The van der Waals surface area contributed by atoms with E-state index in [4.69, 9.17) is 0 Å². The van der Waals surface area contributed by atoms with E-state index in [0.29, 0.717) is 0 Å². The van der Waals surface area contributed by atoms with Gasteiger partial charge in [-0.15, -0.1) is 13.2 Å². The monoisotopic (exact) mass is 295 g/mol. The van der Waals surface area contributed by atoms with Gasteiger partial charge < -0.3 is 9.90 Å². The molecule has 0 amide bonds. The van der Waals surface area contributed by atoms with Crippen LogP contribution >= 0.6 is 0 Å². The number of rotatable bonds is 5. The highest BCUT2D eigenvalue weighted by Gasteiger charge is 2.68. The molecule has 0 radical (unpaired) electrons. The molecule has 13 heteroatoms. The van der Waals surface area contributed by atoms with E-state index >= 15 is 0 Å². The summed E-state index contributed by atoms with van der Waals surface area (Å²) >= 11 is 0. The molecule has 0 saturated heterocycles. The smallest absolute Gasteiger partial charge is 0.527 e. The zero-order chi connectivity index (χ0) is 15.0. The van der Waals surface area contributed by atoms with Crippen LogP contribution in [0.3, 0.4) is 0 Å². The third-order valence-corrected chi connectivity index (χ3v) is 1.08. The van der Waals surface area contributed by atoms with Gasteiger partial charge in [-0.2, -0.15) is 26.3 Å². The summed E-state index contributed by atoms with van der Waals surface area (Å²) in [6, 6.07) is 0. The number of hydrogen-bond donors (Lipinski definition) is 0. The fraction of sp³-hybridized carbons (Fsp3) is 0.800. The van der Waals surface area contributed by atoms with Crippen LogP contribution in [0.4, 0.5) is 39.5 Å². The predicted octanol–water partition coefficient (Wildman–Crippen LogP) is 1.07. The van der Waals surface area contributed by atoms with Gasteiger partial charge in [0.25, 0.3) is 0 Å². The van der Waals surface area contributed by atoms with E-state index in [-0.39, 0.29) is 0 Å². The molecule has 0 aliphatic rings. The predicted molar refractivity (Wildman–Crippen MR) is 28.1 cm³/mol. The lowest BCUT2D eigenvalue weighted by Crippen LogP contribution is -2.55. The van der Waals surface area contributed by atoms with Crippen molar-refractivity contribution in [3.05, 3.63) is 0 Å². The van der Waals surface area contributed by atoms with Crippen molar-refractivity contribution in [3.8, 4) is 0 Å². The normalized spacial score (nSPS) is 14.7. The largest absolute Gasteiger partial charge is 0.542 e. The summed E-state index contributed by atoms with van der Waals surface area (Å²) in [5.41, 5.74) is 0. The highest BCUT2D eigenvalue weighted by atomic mass is 19.4. The van der Waals surface area contributed by atoms with Crippen molar-refractivity contribution in [1.82, 2.24) is 0 Å². The van der Waals surface area contributed by atoms with Crippen LogP contribution in [-0.2, 0) is 14.3 Å². The molecule has 0 aromatic heterocycles. The topological polar surface area (TPSA) is 58.6 Å². The molecule has 0 bridgehead atoms. The summed E-state index contributed by atoms with van der Waals surface area (Å²) < 4.78 is 110. The van der Waals surface area contributed by atoms with Gasteiger partial charge in [0.15, 0.2) is 0 Å². The quantitative estimate of drug-likeness (QED) is 0.712. The lowest BCUT2D eigenvalue weighted by molar-refractivity contribution is -0.528. The number of carboxylic acids is 1. The van der Waals surface area contributed by atoms with E-state index in [1.54, 1.807) is 9.47 Å². The number of ether oxygens (including phenoxy) is 2. The van der Waals surface area contributed by atoms with E-state index in [9.17, 15) is 49.4 Å². The highest BCUT2D eigenvalue weighted by molar-refractivity contribution is 5.71. The van der Waals surface area contributed by atoms with E-state index in [2.05, 4.69) is 0 Å². The molecule has 108 valence electrons. The van der Waals surface area contributed by atoms with Gasteiger partial charge in [0.2, 0.25) is 0 Å². The summed E-state index contributed by atoms with van der Waals surface area (Å²) in [7, 11) is 0. The van der Waals surface area contributed by atoms with Crippen molar-refractivity contribution in [2.45, 2.75) is 24.7 Å². The fourth-order valence-electron chi connectivity index (χ4n) is 0.467. The number of carboxylic acid groups (broad SMARTS) is 1. The second-order valence-corrected chi connectivity index (χ2v) is 2.49. The molecule has 0 heterocycles. The second-order valence-electron chi connectivity index (χ2n) is 2.49. The van der Waals surface area contributed by atoms with Crippen LogP contribution in [0.5, 0.6) is 0 Å². The van der Waals surface area contributed by atoms with Crippen LogP contribution in [0.25, 0.3) is 0 Å². The molecule has 0 aromatic rings. The van der Waals surface area contributed by atoms with Crippen LogP contribution < -0.4 is 5.11 Å². The van der Waals surface area contributed by atoms with Crippen LogP contribution in [-0.4, -0.2) is 30.7 Å². The lowest BCUT2D eigenvalue weighted by atomic mass is 10.5. The van der Waals surface area contributed by atoms with Gasteiger partial charge in [-0.25, -0.2) is 9.47 Å². The molecule has 0 atom stereocenters. The first-order valence-electron chi connectivity index (χ1n) is 3.43. The van der Waals surface area contributed by atoms with E-state index in [0.717, 1.165) is 0 Å². The van der Waals surface area contributed by atoms with E-state index in [1.807, 2.05) is 0 Å². The maximum atomic E-state index is 12.2. The second kappa shape index (κ2) is 4.46. The number of alkyl halides is 9. The van der Waals surface area contributed by atoms with Gasteiger partial charge in [-0.1, -0.05) is 0 Å². The minimum Gasteiger partial charge on any atom is -0.542 e. The molecule has 0 spiro atoms. The molecule has 0 aromatic carbocycles. The molecule has 4 nitrogen and oxygen atoms in total. The Bertz CT molecular complexity index is 321. The first-order valence-corrected chi connectivity index (χ1v) is 3.43. The van der Waals surface area contributed by atoms with Crippen molar-refractivity contribution in [3.63, 3.8) is 0 Å². The molecule has 0 aliphatic heterocycles. The van der Waals surface area contributed by atoms with Crippen LogP contribution in [0.1, 0.15) is 0 Å². The minimum absolute atomic E-state index is 1.56. The Morgan fingerprint density at radius 2 is 1.11 bits per heavy atom. The molecule has 18 heavy (non-hydrogen) atoms. The molecule has 0 rings (SSSR count). The van der Waals surface area contributed by atoms with Crippen molar-refractivity contribution < 1.29 is 58.9 Å². The van der Waals surface area contributed by atoms with E-state index < -0.39 is 30.7 Å².